The van der Waals surface area contributed by atoms with Crippen LogP contribution in [0.2, 0.25) is 0 Å². The van der Waals surface area contributed by atoms with Gasteiger partial charge in [0, 0.05) is 5.39 Å². The molecule has 1 aromatic heterocycles. The van der Waals surface area contributed by atoms with Crippen LogP contribution in [0, 0.1) is 0 Å². The van der Waals surface area contributed by atoms with Crippen molar-refractivity contribution in [3.63, 3.8) is 0 Å². The van der Waals surface area contributed by atoms with E-state index < -0.39 is 10.4 Å². The Hall–Kier alpha value is -1.89. The molecular weight excluding hydrogens is 222 g/mol. The first-order chi connectivity index (χ1) is 7.08. The molecule has 0 unspecified atom stereocenters. The van der Waals surface area contributed by atoms with Crippen molar-refractivity contribution in [3.05, 3.63) is 24.3 Å². The Labute approximate surface area is 84.5 Å². The average molecular weight is 227 g/mol. The standard InChI is InChI=1S/C8H5NO5S/c10-7-5-3-1-2-4-6(5)9-8(7)13-15(11,12)14-9/h1-4,10H. The lowest BCUT2D eigenvalue weighted by Crippen LogP contribution is -2.13. The zero-order valence-electron chi connectivity index (χ0n) is 7.25. The highest BCUT2D eigenvalue weighted by Crippen LogP contribution is 2.40. The molecule has 1 aliphatic heterocycles. The first-order valence-electron chi connectivity index (χ1n) is 4.05. The highest BCUT2D eigenvalue weighted by molar-refractivity contribution is 7.82. The van der Waals surface area contributed by atoms with E-state index in [4.69, 9.17) is 0 Å². The van der Waals surface area contributed by atoms with E-state index in [1.165, 1.54) is 0 Å². The van der Waals surface area contributed by atoms with Gasteiger partial charge in [-0.05, 0) is 12.1 Å². The molecular formula is C8H5NO5S. The molecule has 0 saturated heterocycles. The number of para-hydroxylation sites is 1. The van der Waals surface area contributed by atoms with Gasteiger partial charge in [0.2, 0.25) is 0 Å². The van der Waals surface area contributed by atoms with Gasteiger partial charge in [0.15, 0.2) is 5.75 Å². The summed E-state index contributed by atoms with van der Waals surface area (Å²) in [6, 6.07) is 6.66. The highest BCUT2D eigenvalue weighted by Gasteiger charge is 2.34. The molecule has 2 heterocycles. The molecule has 0 amide bonds. The Morgan fingerprint density at radius 1 is 1.27 bits per heavy atom. The van der Waals surface area contributed by atoms with E-state index in [1.54, 1.807) is 24.3 Å². The smallest absolute Gasteiger partial charge is 0.503 e. The number of hydrogen-bond acceptors (Lipinski definition) is 5. The highest BCUT2D eigenvalue weighted by atomic mass is 32.3. The summed E-state index contributed by atoms with van der Waals surface area (Å²) in [7, 11) is -4.07. The van der Waals surface area contributed by atoms with E-state index in [1.807, 2.05) is 0 Å². The van der Waals surface area contributed by atoms with Crippen LogP contribution < -0.4 is 8.47 Å². The predicted molar refractivity (Wildman–Crippen MR) is 49.7 cm³/mol. The van der Waals surface area contributed by atoms with Gasteiger partial charge >= 0.3 is 10.4 Å². The van der Waals surface area contributed by atoms with Gasteiger partial charge in [0.25, 0.3) is 5.88 Å². The van der Waals surface area contributed by atoms with Crippen molar-refractivity contribution < 1.29 is 22.0 Å². The van der Waals surface area contributed by atoms with Crippen molar-refractivity contribution >= 4 is 21.3 Å². The normalized spacial score (nSPS) is 17.1. The minimum atomic E-state index is -4.07. The largest absolute Gasteiger partial charge is 0.522 e. The van der Waals surface area contributed by atoms with E-state index in [0.29, 0.717) is 10.9 Å². The van der Waals surface area contributed by atoms with Crippen LogP contribution in [0.4, 0.5) is 0 Å². The van der Waals surface area contributed by atoms with Crippen molar-refractivity contribution in [2.45, 2.75) is 0 Å². The molecule has 78 valence electrons. The van der Waals surface area contributed by atoms with E-state index in [0.717, 1.165) is 4.73 Å². The lowest BCUT2D eigenvalue weighted by Gasteiger charge is -1.95. The summed E-state index contributed by atoms with van der Waals surface area (Å²) in [6.07, 6.45) is 0. The average Bonchev–Trinajstić information content (AvgIpc) is 2.63. The summed E-state index contributed by atoms with van der Waals surface area (Å²) in [5.74, 6) is -0.456. The van der Waals surface area contributed by atoms with Gasteiger partial charge in [0.05, 0.1) is 5.52 Å². The summed E-state index contributed by atoms with van der Waals surface area (Å²) in [5, 5.41) is 10.1. The van der Waals surface area contributed by atoms with Gasteiger partial charge in [-0.1, -0.05) is 12.1 Å². The number of aromatic nitrogens is 1. The molecule has 0 bridgehead atoms. The maximum Gasteiger partial charge on any atom is 0.522 e. The summed E-state index contributed by atoms with van der Waals surface area (Å²) in [6.45, 7) is 0. The molecule has 0 fully saturated rings. The van der Waals surface area contributed by atoms with Gasteiger partial charge in [-0.3, -0.25) is 4.28 Å². The molecule has 15 heavy (non-hydrogen) atoms. The first kappa shape index (κ1) is 8.42. The lowest BCUT2D eigenvalue weighted by atomic mass is 10.2. The van der Waals surface area contributed by atoms with Crippen molar-refractivity contribution in [2.24, 2.45) is 0 Å². The molecule has 0 atom stereocenters. The van der Waals surface area contributed by atoms with Crippen LogP contribution in [0.3, 0.4) is 0 Å². The second kappa shape index (κ2) is 2.37. The van der Waals surface area contributed by atoms with Crippen LogP contribution in [-0.2, 0) is 10.4 Å². The summed E-state index contributed by atoms with van der Waals surface area (Å²) < 4.78 is 31.9. The number of rotatable bonds is 0. The van der Waals surface area contributed by atoms with Crippen LogP contribution in [0.15, 0.2) is 24.3 Å². The molecule has 0 radical (unpaired) electrons. The summed E-state index contributed by atoms with van der Waals surface area (Å²) >= 11 is 0. The Morgan fingerprint density at radius 2 is 2.00 bits per heavy atom. The maximum atomic E-state index is 11.0. The third kappa shape index (κ3) is 1.00. The third-order valence-corrected chi connectivity index (χ3v) is 2.81. The van der Waals surface area contributed by atoms with Gasteiger partial charge in [0.1, 0.15) is 0 Å². The van der Waals surface area contributed by atoms with Gasteiger partial charge < -0.3 is 9.29 Å². The molecule has 0 aliphatic carbocycles. The second-order valence-electron chi connectivity index (χ2n) is 3.03. The minimum Gasteiger partial charge on any atom is -0.503 e. The van der Waals surface area contributed by atoms with Gasteiger partial charge in [-0.25, -0.2) is 0 Å². The molecule has 7 heteroatoms. The fourth-order valence-corrected chi connectivity index (χ4v) is 2.22. The van der Waals surface area contributed by atoms with E-state index in [2.05, 4.69) is 8.47 Å². The van der Waals surface area contributed by atoms with Gasteiger partial charge in [-0.2, -0.15) is 0 Å². The van der Waals surface area contributed by atoms with Crippen LogP contribution in [-0.4, -0.2) is 18.3 Å². The number of hydrogen-bond donors (Lipinski definition) is 1. The minimum absolute atomic E-state index is 0.212. The van der Waals surface area contributed by atoms with Crippen molar-refractivity contribution in [2.75, 3.05) is 0 Å². The monoisotopic (exact) mass is 227 g/mol. The van der Waals surface area contributed by atoms with Crippen molar-refractivity contribution in [1.82, 2.24) is 4.73 Å². The number of aromatic hydroxyl groups is 1. The molecule has 2 aromatic rings. The van der Waals surface area contributed by atoms with Crippen LogP contribution in [0.25, 0.3) is 10.9 Å². The zero-order chi connectivity index (χ0) is 10.6. The summed E-state index contributed by atoms with van der Waals surface area (Å²) in [5.41, 5.74) is 0.436. The molecule has 6 nitrogen and oxygen atoms in total. The molecule has 0 saturated carbocycles. The lowest BCUT2D eigenvalue weighted by molar-refractivity contribution is 0.311. The van der Waals surface area contributed by atoms with Crippen molar-refractivity contribution in [3.8, 4) is 11.6 Å². The van der Waals surface area contributed by atoms with Crippen LogP contribution in [0.1, 0.15) is 0 Å². The number of nitrogens with zero attached hydrogens (tertiary/aromatic N) is 1. The third-order valence-electron chi connectivity index (χ3n) is 2.11. The SMILES string of the molecule is O=S1(=O)Oc2c(O)c3ccccc3n2O1. The van der Waals surface area contributed by atoms with E-state index >= 15 is 0 Å². The van der Waals surface area contributed by atoms with Gasteiger partial charge in [-0.15, -0.1) is 13.1 Å². The Kier molecular flexibility index (Phi) is 1.33. The molecule has 1 N–H and O–H groups in total. The summed E-state index contributed by atoms with van der Waals surface area (Å²) in [4.78, 5) is 0. The predicted octanol–water partition coefficient (Wildman–Crippen LogP) is 0.413. The second-order valence-corrected chi connectivity index (χ2v) is 4.16. The van der Waals surface area contributed by atoms with Crippen molar-refractivity contribution in [1.29, 1.82) is 0 Å². The van der Waals surface area contributed by atoms with Crippen LogP contribution >= 0.6 is 0 Å². The molecule has 1 aromatic carbocycles. The fraction of sp³-hybridized carbons (Fsp3) is 0. The number of fused-ring (bicyclic) bond motifs is 3. The van der Waals surface area contributed by atoms with Crippen LogP contribution in [0.5, 0.6) is 11.6 Å². The maximum absolute atomic E-state index is 11.0. The Balaban J connectivity index is 2.43. The fourth-order valence-electron chi connectivity index (χ4n) is 1.52. The quantitative estimate of drug-likeness (QED) is 0.705. The number of benzene rings is 1. The Morgan fingerprint density at radius 3 is 2.80 bits per heavy atom. The molecule has 1 aliphatic rings. The molecule has 3 rings (SSSR count). The first-order valence-corrected chi connectivity index (χ1v) is 5.38. The van der Waals surface area contributed by atoms with E-state index in [9.17, 15) is 13.5 Å². The topological polar surface area (TPSA) is 77.8 Å². The van der Waals surface area contributed by atoms with E-state index in [-0.39, 0.29) is 11.6 Å². The molecule has 0 spiro atoms. The zero-order valence-corrected chi connectivity index (χ0v) is 8.06. The Bertz CT molecular complexity index is 657.